The molecule has 0 saturated carbocycles. The molecule has 0 N–H and O–H groups in total. The summed E-state index contributed by atoms with van der Waals surface area (Å²) in [5.41, 5.74) is 1.26. The predicted molar refractivity (Wildman–Crippen MR) is 123 cm³/mol. The number of para-hydroxylation sites is 1. The molecule has 2 heterocycles. The maximum atomic E-state index is 13.3. The third-order valence-electron chi connectivity index (χ3n) is 4.98. The van der Waals surface area contributed by atoms with Crippen LogP contribution in [0.3, 0.4) is 0 Å². The van der Waals surface area contributed by atoms with Gasteiger partial charge in [-0.3, -0.25) is 23.9 Å². The summed E-state index contributed by atoms with van der Waals surface area (Å²) in [7, 11) is 0. The molecule has 0 aliphatic carbocycles. The smallest absolute Gasteiger partial charge is 0.272 e. The summed E-state index contributed by atoms with van der Waals surface area (Å²) in [6.07, 6.45) is 0. The predicted octanol–water partition coefficient (Wildman–Crippen LogP) is 4.81. The van der Waals surface area contributed by atoms with E-state index in [1.165, 1.54) is 6.07 Å². The van der Waals surface area contributed by atoms with Crippen molar-refractivity contribution in [1.29, 1.82) is 0 Å². The lowest BCUT2D eigenvalue weighted by Crippen LogP contribution is -2.24. The van der Waals surface area contributed by atoms with Gasteiger partial charge < -0.3 is 0 Å². The monoisotopic (exact) mass is 463 g/mol. The van der Waals surface area contributed by atoms with Gasteiger partial charge in [-0.25, -0.2) is 0 Å². The molecule has 0 aliphatic rings. The highest BCUT2D eigenvalue weighted by Crippen LogP contribution is 2.36. The first-order valence-electron chi connectivity index (χ1n) is 9.55. The van der Waals surface area contributed by atoms with E-state index in [0.29, 0.717) is 33.3 Å². The molecule has 0 amide bonds. The second-order valence-corrected chi connectivity index (χ2v) is 8.43. The van der Waals surface area contributed by atoms with Crippen LogP contribution in [0, 0.1) is 10.1 Å². The molecule has 158 valence electrons. The van der Waals surface area contributed by atoms with Crippen LogP contribution in [0.4, 0.5) is 5.69 Å². The highest BCUT2D eigenvalue weighted by Gasteiger charge is 2.21. The van der Waals surface area contributed by atoms with Crippen LogP contribution in [-0.2, 0) is 6.54 Å². The summed E-state index contributed by atoms with van der Waals surface area (Å²) in [5.74, 6) is 0.358. The van der Waals surface area contributed by atoms with E-state index in [2.05, 4.69) is 10.2 Å². The van der Waals surface area contributed by atoms with Gasteiger partial charge >= 0.3 is 0 Å². The van der Waals surface area contributed by atoms with Crippen molar-refractivity contribution in [3.63, 3.8) is 0 Å². The van der Waals surface area contributed by atoms with Crippen molar-refractivity contribution in [3.8, 4) is 0 Å². The van der Waals surface area contributed by atoms with E-state index in [1.807, 2.05) is 36.4 Å². The summed E-state index contributed by atoms with van der Waals surface area (Å²) >= 11 is 7.04. The Hall–Kier alpha value is -3.69. The van der Waals surface area contributed by atoms with Gasteiger partial charge in [-0.2, -0.15) is 0 Å². The van der Waals surface area contributed by atoms with Gasteiger partial charge in [0.15, 0.2) is 0 Å². The highest BCUT2D eigenvalue weighted by molar-refractivity contribution is 7.99. The van der Waals surface area contributed by atoms with Crippen LogP contribution >= 0.6 is 23.4 Å². The normalized spacial score (nSPS) is 11.3. The van der Waals surface area contributed by atoms with Crippen LogP contribution in [0.25, 0.3) is 16.7 Å². The third-order valence-corrected chi connectivity index (χ3v) is 6.23. The minimum Gasteiger partial charge on any atom is -0.272 e. The molecule has 8 nitrogen and oxygen atoms in total. The molecular formula is C22H14ClN5O3S. The van der Waals surface area contributed by atoms with Gasteiger partial charge in [0.05, 0.1) is 27.3 Å². The summed E-state index contributed by atoms with van der Waals surface area (Å²) in [6, 6.07) is 21.2. The number of aromatic nitrogens is 4. The van der Waals surface area contributed by atoms with Crippen LogP contribution in [0.15, 0.2) is 87.6 Å². The maximum Gasteiger partial charge on any atom is 0.284 e. The average Bonchev–Trinajstić information content (AvgIpc) is 3.22. The van der Waals surface area contributed by atoms with E-state index >= 15 is 0 Å². The number of nitro groups is 1. The van der Waals surface area contributed by atoms with Gasteiger partial charge in [0, 0.05) is 11.1 Å². The van der Waals surface area contributed by atoms with Gasteiger partial charge in [0.1, 0.15) is 0 Å². The number of hydrogen-bond donors (Lipinski definition) is 0. The Morgan fingerprint density at radius 1 is 1.00 bits per heavy atom. The summed E-state index contributed by atoms with van der Waals surface area (Å²) in [5, 5.41) is 21.2. The SMILES string of the molecule is O=c1c2ccccc2n2c(Sc3ccc(Cl)cc3[N+](=O)[O-])nnc2n1Cc1ccccc1. The van der Waals surface area contributed by atoms with Crippen LogP contribution < -0.4 is 5.56 Å². The fraction of sp³-hybridized carbons (Fsp3) is 0.0455. The molecule has 0 aliphatic heterocycles. The first-order chi connectivity index (χ1) is 15.5. The van der Waals surface area contributed by atoms with E-state index in [1.54, 1.807) is 39.3 Å². The third kappa shape index (κ3) is 3.51. The Bertz CT molecular complexity index is 1550. The minimum atomic E-state index is -0.485. The van der Waals surface area contributed by atoms with Gasteiger partial charge in [0.2, 0.25) is 10.9 Å². The van der Waals surface area contributed by atoms with E-state index in [0.717, 1.165) is 17.3 Å². The molecule has 0 atom stereocenters. The second-order valence-electron chi connectivity index (χ2n) is 6.98. The van der Waals surface area contributed by atoms with Crippen LogP contribution in [0.2, 0.25) is 5.02 Å². The van der Waals surface area contributed by atoms with Gasteiger partial charge in [0.25, 0.3) is 11.2 Å². The summed E-state index contributed by atoms with van der Waals surface area (Å²) in [4.78, 5) is 24.7. The molecule has 0 fully saturated rings. The molecule has 10 heteroatoms. The zero-order chi connectivity index (χ0) is 22.2. The molecule has 0 saturated heterocycles. The van der Waals surface area contributed by atoms with Crippen molar-refractivity contribution in [2.45, 2.75) is 16.6 Å². The molecule has 0 spiro atoms. The zero-order valence-corrected chi connectivity index (χ0v) is 18.0. The van der Waals surface area contributed by atoms with Crippen molar-refractivity contribution in [2.24, 2.45) is 0 Å². The molecule has 2 aromatic heterocycles. The lowest BCUT2D eigenvalue weighted by Gasteiger charge is -2.11. The van der Waals surface area contributed by atoms with Crippen molar-refractivity contribution >= 4 is 45.7 Å². The Morgan fingerprint density at radius 3 is 2.53 bits per heavy atom. The molecule has 0 radical (unpaired) electrons. The largest absolute Gasteiger partial charge is 0.284 e. The summed E-state index contributed by atoms with van der Waals surface area (Å²) < 4.78 is 3.31. The molecule has 0 unspecified atom stereocenters. The Balaban J connectivity index is 1.73. The maximum absolute atomic E-state index is 13.3. The van der Waals surface area contributed by atoms with E-state index in [-0.39, 0.29) is 16.3 Å². The standard InChI is InChI=1S/C22H14ClN5O3S/c23-15-10-11-19(18(12-15)28(30)31)32-22-25-24-21-26(13-14-6-2-1-3-7-14)20(29)16-8-4-5-9-17(16)27(21)22/h1-12H,13H2. The van der Waals surface area contributed by atoms with E-state index in [4.69, 9.17) is 11.6 Å². The van der Waals surface area contributed by atoms with Crippen LogP contribution in [0.1, 0.15) is 5.56 Å². The van der Waals surface area contributed by atoms with Crippen molar-refractivity contribution in [3.05, 3.63) is 104 Å². The van der Waals surface area contributed by atoms with Crippen molar-refractivity contribution in [1.82, 2.24) is 19.2 Å². The van der Waals surface area contributed by atoms with Gasteiger partial charge in [-0.05, 0) is 41.6 Å². The topological polar surface area (TPSA) is 95.3 Å². The summed E-state index contributed by atoms with van der Waals surface area (Å²) in [6.45, 7) is 0.317. The lowest BCUT2D eigenvalue weighted by atomic mass is 10.2. The first-order valence-corrected chi connectivity index (χ1v) is 10.7. The number of nitro benzene ring substituents is 1. The minimum absolute atomic E-state index is 0.124. The fourth-order valence-corrected chi connectivity index (χ4v) is 4.62. The number of rotatable bonds is 5. The Morgan fingerprint density at radius 2 is 1.75 bits per heavy atom. The number of benzene rings is 3. The van der Waals surface area contributed by atoms with Crippen molar-refractivity contribution in [2.75, 3.05) is 0 Å². The van der Waals surface area contributed by atoms with Crippen LogP contribution in [-0.4, -0.2) is 24.1 Å². The molecule has 0 bridgehead atoms. The number of hydrogen-bond acceptors (Lipinski definition) is 6. The zero-order valence-electron chi connectivity index (χ0n) is 16.4. The Labute approximate surface area is 190 Å². The van der Waals surface area contributed by atoms with Gasteiger partial charge in [-0.1, -0.05) is 54.1 Å². The number of fused-ring (bicyclic) bond motifs is 3. The van der Waals surface area contributed by atoms with E-state index < -0.39 is 4.92 Å². The van der Waals surface area contributed by atoms with Crippen molar-refractivity contribution < 1.29 is 4.92 Å². The molecular weight excluding hydrogens is 450 g/mol. The van der Waals surface area contributed by atoms with Crippen LogP contribution in [0.5, 0.6) is 0 Å². The average molecular weight is 464 g/mol. The van der Waals surface area contributed by atoms with E-state index in [9.17, 15) is 14.9 Å². The second kappa shape index (κ2) is 8.10. The Kier molecular flexibility index (Phi) is 5.12. The lowest BCUT2D eigenvalue weighted by molar-refractivity contribution is -0.387. The fourth-order valence-electron chi connectivity index (χ4n) is 3.53. The molecule has 5 aromatic rings. The first kappa shape index (κ1) is 20.2. The number of halogens is 1. The highest BCUT2D eigenvalue weighted by atomic mass is 35.5. The number of nitrogens with zero attached hydrogens (tertiary/aromatic N) is 5. The molecule has 5 rings (SSSR count). The quantitative estimate of drug-likeness (QED) is 0.274. The molecule has 3 aromatic carbocycles. The van der Waals surface area contributed by atoms with Gasteiger partial charge in [-0.15, -0.1) is 10.2 Å². The molecule has 32 heavy (non-hydrogen) atoms.